The highest BCUT2D eigenvalue weighted by Crippen LogP contribution is 2.41. The summed E-state index contributed by atoms with van der Waals surface area (Å²) in [7, 11) is 1.65. The number of carbonyl (C=O) groups excluding carboxylic acids is 1. The monoisotopic (exact) mass is 421 g/mol. The van der Waals surface area contributed by atoms with E-state index in [1.54, 1.807) is 13.2 Å². The van der Waals surface area contributed by atoms with E-state index in [4.69, 9.17) is 18.9 Å². The van der Waals surface area contributed by atoms with E-state index < -0.39 is 12.6 Å². The third-order valence-electron chi connectivity index (χ3n) is 6.30. The van der Waals surface area contributed by atoms with E-state index in [0.29, 0.717) is 19.6 Å². The standard InChI is InChI=1S/C25H27NO5/c1-28-25-19-13-8-14-21(27)26(15-17-9-4-2-5-10-17)22(19)23-20(30-25)16-29-24(31-23)18-11-6-3-7-12-18/h2-12,14,19-20,22-25H,13,15-16H2,1H3/t19-,20-,22-,23-,24-,25+/m1/s1. The van der Waals surface area contributed by atoms with Gasteiger partial charge >= 0.3 is 0 Å². The normalized spacial score (nSPS) is 32.8. The van der Waals surface area contributed by atoms with Gasteiger partial charge in [0.15, 0.2) is 12.6 Å². The first-order valence-corrected chi connectivity index (χ1v) is 10.8. The Labute approximate surface area is 182 Å². The molecule has 0 N–H and O–H groups in total. The summed E-state index contributed by atoms with van der Waals surface area (Å²) in [5.41, 5.74) is 2.03. The van der Waals surface area contributed by atoms with Crippen molar-refractivity contribution in [3.8, 4) is 0 Å². The Morgan fingerprint density at radius 3 is 2.52 bits per heavy atom. The molecule has 0 bridgehead atoms. The van der Waals surface area contributed by atoms with Crippen molar-refractivity contribution < 1.29 is 23.7 Å². The van der Waals surface area contributed by atoms with Crippen LogP contribution in [-0.4, -0.2) is 49.1 Å². The van der Waals surface area contributed by atoms with E-state index in [1.165, 1.54) is 0 Å². The molecule has 6 heteroatoms. The highest BCUT2D eigenvalue weighted by Gasteiger charge is 2.53. The van der Waals surface area contributed by atoms with Crippen molar-refractivity contribution in [3.05, 3.63) is 83.9 Å². The molecule has 3 heterocycles. The van der Waals surface area contributed by atoms with Crippen LogP contribution in [0.4, 0.5) is 0 Å². The van der Waals surface area contributed by atoms with E-state index in [2.05, 4.69) is 0 Å². The van der Waals surface area contributed by atoms with Crippen LogP contribution in [0.2, 0.25) is 0 Å². The van der Waals surface area contributed by atoms with Gasteiger partial charge in [-0.05, 0) is 18.1 Å². The van der Waals surface area contributed by atoms with Crippen molar-refractivity contribution in [2.24, 2.45) is 5.92 Å². The molecule has 2 aromatic rings. The molecule has 0 unspecified atom stereocenters. The number of methoxy groups -OCH3 is 1. The van der Waals surface area contributed by atoms with Crippen molar-refractivity contribution in [2.75, 3.05) is 13.7 Å². The molecule has 0 aliphatic carbocycles. The number of amides is 1. The van der Waals surface area contributed by atoms with Gasteiger partial charge in [-0.1, -0.05) is 66.7 Å². The summed E-state index contributed by atoms with van der Waals surface area (Å²) in [5, 5.41) is 0. The van der Waals surface area contributed by atoms with Crippen LogP contribution < -0.4 is 0 Å². The van der Waals surface area contributed by atoms with E-state index in [9.17, 15) is 4.79 Å². The summed E-state index contributed by atoms with van der Waals surface area (Å²) in [6.45, 7) is 0.888. The Morgan fingerprint density at radius 1 is 1.03 bits per heavy atom. The van der Waals surface area contributed by atoms with Gasteiger partial charge in [0.1, 0.15) is 12.2 Å². The minimum absolute atomic E-state index is 0.0155. The lowest BCUT2D eigenvalue weighted by atomic mass is 9.84. The van der Waals surface area contributed by atoms with Gasteiger partial charge in [0.25, 0.3) is 0 Å². The third-order valence-corrected chi connectivity index (χ3v) is 6.30. The number of carbonyl (C=O) groups is 1. The number of benzene rings is 2. The first-order chi connectivity index (χ1) is 15.2. The number of nitrogens with zero attached hydrogens (tertiary/aromatic N) is 1. The predicted octanol–water partition coefficient (Wildman–Crippen LogP) is 3.45. The molecule has 31 heavy (non-hydrogen) atoms. The molecule has 0 spiro atoms. The van der Waals surface area contributed by atoms with Crippen LogP contribution in [0.25, 0.3) is 0 Å². The topological polar surface area (TPSA) is 57.2 Å². The summed E-state index contributed by atoms with van der Waals surface area (Å²) in [6.07, 6.45) is 2.73. The van der Waals surface area contributed by atoms with Gasteiger partial charge in [-0.25, -0.2) is 0 Å². The molecule has 2 aromatic carbocycles. The second-order valence-corrected chi connectivity index (χ2v) is 8.20. The second kappa shape index (κ2) is 8.93. The van der Waals surface area contributed by atoms with Crippen LogP contribution in [0.15, 0.2) is 72.8 Å². The predicted molar refractivity (Wildman–Crippen MR) is 114 cm³/mol. The highest BCUT2D eigenvalue weighted by atomic mass is 16.7. The van der Waals surface area contributed by atoms with Gasteiger partial charge in [0, 0.05) is 25.1 Å². The van der Waals surface area contributed by atoms with Crippen molar-refractivity contribution >= 4 is 5.91 Å². The maximum atomic E-state index is 13.2. The fourth-order valence-corrected chi connectivity index (χ4v) is 4.85. The molecular weight excluding hydrogens is 394 g/mol. The highest BCUT2D eigenvalue weighted by molar-refractivity contribution is 5.88. The lowest BCUT2D eigenvalue weighted by molar-refractivity contribution is -0.340. The number of hydrogen-bond acceptors (Lipinski definition) is 5. The average molecular weight is 421 g/mol. The zero-order valence-electron chi connectivity index (χ0n) is 17.5. The molecule has 5 rings (SSSR count). The lowest BCUT2D eigenvalue weighted by Gasteiger charge is -2.52. The molecule has 0 saturated carbocycles. The molecule has 6 atom stereocenters. The number of fused-ring (bicyclic) bond motifs is 3. The zero-order chi connectivity index (χ0) is 21.2. The first kappa shape index (κ1) is 20.4. The molecule has 2 saturated heterocycles. The molecule has 0 aromatic heterocycles. The van der Waals surface area contributed by atoms with Crippen LogP contribution in [-0.2, 0) is 30.3 Å². The third kappa shape index (κ3) is 4.04. The molecule has 6 nitrogen and oxygen atoms in total. The molecule has 0 radical (unpaired) electrons. The van der Waals surface area contributed by atoms with E-state index in [1.807, 2.05) is 71.6 Å². The maximum Gasteiger partial charge on any atom is 0.246 e. The number of rotatable bonds is 4. The molecular formula is C25H27NO5. The minimum Gasteiger partial charge on any atom is -0.355 e. The average Bonchev–Trinajstić information content (AvgIpc) is 2.98. The zero-order valence-corrected chi connectivity index (χ0v) is 17.5. The summed E-state index contributed by atoms with van der Waals surface area (Å²) in [5.74, 6) is -0.0506. The second-order valence-electron chi connectivity index (χ2n) is 8.20. The van der Waals surface area contributed by atoms with Crippen LogP contribution in [0.1, 0.15) is 23.8 Å². The smallest absolute Gasteiger partial charge is 0.246 e. The summed E-state index contributed by atoms with van der Waals surface area (Å²) in [6, 6.07) is 19.7. The Bertz CT molecular complexity index is 918. The van der Waals surface area contributed by atoms with Crippen molar-refractivity contribution in [1.82, 2.24) is 4.90 Å². The Morgan fingerprint density at radius 2 is 1.77 bits per heavy atom. The molecule has 1 amide bonds. The first-order valence-electron chi connectivity index (χ1n) is 10.8. The van der Waals surface area contributed by atoms with E-state index in [-0.39, 0.29) is 30.1 Å². The van der Waals surface area contributed by atoms with Gasteiger partial charge in [0.05, 0.1) is 12.6 Å². The van der Waals surface area contributed by atoms with Crippen LogP contribution in [0, 0.1) is 5.92 Å². The SMILES string of the molecule is CO[C@H]1O[C@@H]2CO[C@@H](c3ccccc3)O[C@H]2[C@H]2[C@H]1CC=CC(=O)N2Cc1ccccc1. The largest absolute Gasteiger partial charge is 0.355 e. The van der Waals surface area contributed by atoms with E-state index >= 15 is 0 Å². The van der Waals surface area contributed by atoms with Crippen molar-refractivity contribution in [2.45, 2.75) is 43.8 Å². The van der Waals surface area contributed by atoms with Crippen LogP contribution >= 0.6 is 0 Å². The maximum absolute atomic E-state index is 13.2. The fourth-order valence-electron chi connectivity index (χ4n) is 4.85. The number of hydrogen-bond donors (Lipinski definition) is 0. The Hall–Kier alpha value is -2.51. The van der Waals surface area contributed by atoms with Crippen molar-refractivity contribution in [3.63, 3.8) is 0 Å². The summed E-state index contributed by atoms with van der Waals surface area (Å²) >= 11 is 0. The van der Waals surface area contributed by atoms with Gasteiger partial charge in [-0.15, -0.1) is 0 Å². The quantitative estimate of drug-likeness (QED) is 0.757. The molecule has 3 aliphatic rings. The molecule has 162 valence electrons. The van der Waals surface area contributed by atoms with Gasteiger partial charge in [0.2, 0.25) is 5.91 Å². The molecule has 2 fully saturated rings. The van der Waals surface area contributed by atoms with Crippen molar-refractivity contribution in [1.29, 1.82) is 0 Å². The van der Waals surface area contributed by atoms with Gasteiger partial charge < -0.3 is 23.8 Å². The van der Waals surface area contributed by atoms with E-state index in [0.717, 1.165) is 11.1 Å². The Kier molecular flexibility index (Phi) is 5.87. The molecule has 3 aliphatic heterocycles. The Balaban J connectivity index is 1.49. The van der Waals surface area contributed by atoms with Gasteiger partial charge in [-0.3, -0.25) is 4.79 Å². The van der Waals surface area contributed by atoms with Crippen LogP contribution in [0.3, 0.4) is 0 Å². The number of allylic oxidation sites excluding steroid dienone is 1. The van der Waals surface area contributed by atoms with Crippen LogP contribution in [0.5, 0.6) is 0 Å². The van der Waals surface area contributed by atoms with Gasteiger partial charge in [-0.2, -0.15) is 0 Å². The lowest BCUT2D eigenvalue weighted by Crippen LogP contribution is -2.65. The summed E-state index contributed by atoms with van der Waals surface area (Å²) in [4.78, 5) is 15.1. The summed E-state index contributed by atoms with van der Waals surface area (Å²) < 4.78 is 24.4. The number of ether oxygens (including phenoxy) is 4. The minimum atomic E-state index is -0.490. The fraction of sp³-hybridized carbons (Fsp3) is 0.400.